The normalized spacial score (nSPS) is 27.5. The number of anilines is 1. The molecule has 0 radical (unpaired) electrons. The SMILES string of the molecule is O=C(Nc1nc(-c2ccc(Cl)s2)cs1)[C@@H]1[C@@H](C(=O)O)[C@H]2C=C[C@@H]1C2. The van der Waals surface area contributed by atoms with Gasteiger partial charge in [0, 0.05) is 5.38 Å². The molecule has 124 valence electrons. The monoisotopic (exact) mass is 380 g/mol. The van der Waals surface area contributed by atoms with Crippen LogP contribution in [0.2, 0.25) is 4.34 Å². The number of nitrogens with one attached hydrogen (secondary N) is 1. The minimum absolute atomic E-state index is 0.00614. The highest BCUT2D eigenvalue weighted by Crippen LogP contribution is 2.48. The number of thiophene rings is 1. The number of fused-ring (bicyclic) bond motifs is 2. The van der Waals surface area contributed by atoms with Gasteiger partial charge < -0.3 is 10.4 Å². The Morgan fingerprint density at radius 1 is 1.25 bits per heavy atom. The van der Waals surface area contributed by atoms with Crippen molar-refractivity contribution in [2.24, 2.45) is 23.7 Å². The molecule has 2 bridgehead atoms. The Bertz CT molecular complexity index is 844. The van der Waals surface area contributed by atoms with E-state index in [4.69, 9.17) is 11.6 Å². The maximum atomic E-state index is 12.6. The Balaban J connectivity index is 1.51. The fraction of sp³-hybridized carbons (Fsp3) is 0.312. The van der Waals surface area contributed by atoms with Crippen LogP contribution in [0.3, 0.4) is 0 Å². The second-order valence-corrected chi connectivity index (χ2v) is 8.54. The van der Waals surface area contributed by atoms with Crippen LogP contribution in [-0.2, 0) is 9.59 Å². The first-order chi connectivity index (χ1) is 11.5. The molecule has 2 N–H and O–H groups in total. The van der Waals surface area contributed by atoms with Crippen molar-refractivity contribution in [1.29, 1.82) is 0 Å². The van der Waals surface area contributed by atoms with Gasteiger partial charge in [-0.05, 0) is 30.4 Å². The van der Waals surface area contributed by atoms with Crippen LogP contribution in [0, 0.1) is 23.7 Å². The second-order valence-electron chi connectivity index (χ2n) is 5.97. The topological polar surface area (TPSA) is 79.3 Å². The van der Waals surface area contributed by atoms with Gasteiger partial charge >= 0.3 is 5.97 Å². The molecule has 0 aromatic carbocycles. The zero-order chi connectivity index (χ0) is 16.8. The lowest BCUT2D eigenvalue weighted by molar-refractivity contribution is -0.146. The van der Waals surface area contributed by atoms with Gasteiger partial charge in [0.05, 0.1) is 26.7 Å². The van der Waals surface area contributed by atoms with E-state index < -0.39 is 17.8 Å². The molecular weight excluding hydrogens is 368 g/mol. The summed E-state index contributed by atoms with van der Waals surface area (Å²) in [5, 5.41) is 14.6. The molecule has 1 saturated carbocycles. The molecule has 0 aliphatic heterocycles. The summed E-state index contributed by atoms with van der Waals surface area (Å²) >= 11 is 8.68. The number of halogens is 1. The van der Waals surface area contributed by atoms with Crippen molar-refractivity contribution < 1.29 is 14.7 Å². The zero-order valence-electron chi connectivity index (χ0n) is 12.3. The van der Waals surface area contributed by atoms with Gasteiger partial charge in [0.15, 0.2) is 5.13 Å². The number of rotatable bonds is 4. The average Bonchev–Trinajstić information content (AvgIpc) is 3.29. The number of carboxylic acids is 1. The van der Waals surface area contributed by atoms with E-state index in [1.165, 1.54) is 22.7 Å². The van der Waals surface area contributed by atoms with Crippen LogP contribution in [-0.4, -0.2) is 22.0 Å². The van der Waals surface area contributed by atoms with Gasteiger partial charge in [-0.2, -0.15) is 0 Å². The van der Waals surface area contributed by atoms with Crippen LogP contribution >= 0.6 is 34.3 Å². The maximum absolute atomic E-state index is 12.6. The van der Waals surface area contributed by atoms with Crippen LogP contribution in [0.25, 0.3) is 10.6 Å². The van der Waals surface area contributed by atoms with Gasteiger partial charge in [-0.25, -0.2) is 4.98 Å². The average molecular weight is 381 g/mol. The van der Waals surface area contributed by atoms with E-state index in [1.54, 1.807) is 6.07 Å². The van der Waals surface area contributed by atoms with Crippen molar-refractivity contribution in [3.63, 3.8) is 0 Å². The standard InChI is InChI=1S/C16H13ClN2O3S2/c17-11-4-3-10(24-11)9-6-23-16(18-9)19-14(20)12-7-1-2-8(5-7)13(12)15(21)22/h1-4,6-8,12-13H,5H2,(H,21,22)(H,18,19,20)/t7-,8+,12+,13+/m1/s1. The highest BCUT2D eigenvalue weighted by molar-refractivity contribution is 7.20. The minimum Gasteiger partial charge on any atom is -0.481 e. The van der Waals surface area contributed by atoms with Crippen molar-refractivity contribution >= 4 is 51.3 Å². The minimum atomic E-state index is -0.903. The molecule has 24 heavy (non-hydrogen) atoms. The third-order valence-electron chi connectivity index (χ3n) is 4.61. The number of carbonyl (C=O) groups is 2. The molecule has 1 amide bonds. The molecule has 4 rings (SSSR count). The van der Waals surface area contributed by atoms with E-state index in [-0.39, 0.29) is 17.7 Å². The quantitative estimate of drug-likeness (QED) is 0.786. The van der Waals surface area contributed by atoms with E-state index in [1.807, 2.05) is 23.6 Å². The number of amides is 1. The van der Waals surface area contributed by atoms with Crippen LogP contribution in [0.5, 0.6) is 0 Å². The summed E-state index contributed by atoms with van der Waals surface area (Å²) in [5.41, 5.74) is 0.759. The molecule has 4 atom stereocenters. The van der Waals surface area contributed by atoms with Gasteiger partial charge in [-0.3, -0.25) is 9.59 Å². The molecule has 1 fully saturated rings. The smallest absolute Gasteiger partial charge is 0.307 e. The molecule has 2 aliphatic carbocycles. The fourth-order valence-electron chi connectivity index (χ4n) is 3.60. The third kappa shape index (κ3) is 2.66. The Morgan fingerprint density at radius 3 is 2.67 bits per heavy atom. The van der Waals surface area contributed by atoms with Gasteiger partial charge in [0.2, 0.25) is 5.91 Å². The van der Waals surface area contributed by atoms with E-state index >= 15 is 0 Å². The number of hydrogen-bond acceptors (Lipinski definition) is 5. The zero-order valence-corrected chi connectivity index (χ0v) is 14.7. The number of aliphatic carboxylic acids is 1. The highest BCUT2D eigenvalue weighted by Gasteiger charge is 2.51. The van der Waals surface area contributed by atoms with Crippen LogP contribution in [0.4, 0.5) is 5.13 Å². The number of aromatic nitrogens is 1. The van der Waals surface area contributed by atoms with Crippen molar-refractivity contribution in [1.82, 2.24) is 4.98 Å². The van der Waals surface area contributed by atoms with Gasteiger partial charge in [0.1, 0.15) is 0 Å². The van der Waals surface area contributed by atoms with E-state index in [0.29, 0.717) is 9.47 Å². The number of carboxylic acid groups (broad SMARTS) is 1. The van der Waals surface area contributed by atoms with Gasteiger partial charge in [-0.15, -0.1) is 22.7 Å². The summed E-state index contributed by atoms with van der Waals surface area (Å²) in [7, 11) is 0. The lowest BCUT2D eigenvalue weighted by Gasteiger charge is -2.23. The summed E-state index contributed by atoms with van der Waals surface area (Å²) in [4.78, 5) is 29.5. The number of carbonyl (C=O) groups excluding carboxylic acids is 1. The highest BCUT2D eigenvalue weighted by atomic mass is 35.5. The molecule has 2 aromatic rings. The molecule has 0 spiro atoms. The molecule has 2 aliphatic rings. The summed E-state index contributed by atoms with van der Waals surface area (Å²) in [6, 6.07) is 3.69. The van der Waals surface area contributed by atoms with E-state index in [0.717, 1.165) is 17.0 Å². The lowest BCUT2D eigenvalue weighted by Crippen LogP contribution is -2.36. The Hall–Kier alpha value is -1.70. The van der Waals surface area contributed by atoms with E-state index in [9.17, 15) is 14.7 Å². The van der Waals surface area contributed by atoms with Crippen molar-refractivity contribution in [3.8, 4) is 10.6 Å². The van der Waals surface area contributed by atoms with Crippen molar-refractivity contribution in [2.45, 2.75) is 6.42 Å². The predicted molar refractivity (Wildman–Crippen MR) is 94.4 cm³/mol. The maximum Gasteiger partial charge on any atom is 0.307 e. The molecule has 0 saturated heterocycles. The number of allylic oxidation sites excluding steroid dienone is 2. The molecule has 5 nitrogen and oxygen atoms in total. The molecule has 8 heteroatoms. The summed E-state index contributed by atoms with van der Waals surface area (Å²) < 4.78 is 0.682. The summed E-state index contributed by atoms with van der Waals surface area (Å²) in [5.74, 6) is -2.36. The third-order valence-corrected chi connectivity index (χ3v) is 6.62. The first-order valence-corrected chi connectivity index (χ1v) is 9.53. The Kier molecular flexibility index (Phi) is 3.94. The summed E-state index contributed by atoms with van der Waals surface area (Å²) in [6.07, 6.45) is 4.64. The summed E-state index contributed by atoms with van der Waals surface area (Å²) in [6.45, 7) is 0. The van der Waals surface area contributed by atoms with Gasteiger partial charge in [0.25, 0.3) is 0 Å². The first-order valence-electron chi connectivity index (χ1n) is 7.46. The fourth-order valence-corrected chi connectivity index (χ4v) is 5.39. The number of nitrogens with zero attached hydrogens (tertiary/aromatic N) is 1. The Morgan fingerprint density at radius 2 is 2.00 bits per heavy atom. The predicted octanol–water partition coefficient (Wildman–Crippen LogP) is 3.99. The van der Waals surface area contributed by atoms with Crippen LogP contribution in [0.1, 0.15) is 6.42 Å². The molecule has 0 unspecified atom stereocenters. The second kappa shape index (κ2) is 5.98. The molecular formula is C16H13ClN2O3S2. The number of hydrogen-bond donors (Lipinski definition) is 2. The van der Waals surface area contributed by atoms with E-state index in [2.05, 4.69) is 10.3 Å². The van der Waals surface area contributed by atoms with Crippen molar-refractivity contribution in [3.05, 3.63) is 34.0 Å². The lowest BCUT2D eigenvalue weighted by atomic mass is 9.82. The Labute approximate surface area is 151 Å². The molecule has 2 heterocycles. The first kappa shape index (κ1) is 15.8. The molecule has 2 aromatic heterocycles. The number of thiazole rings is 1. The van der Waals surface area contributed by atoms with Crippen molar-refractivity contribution in [2.75, 3.05) is 5.32 Å². The van der Waals surface area contributed by atoms with Gasteiger partial charge in [-0.1, -0.05) is 23.8 Å². The van der Waals surface area contributed by atoms with Crippen LogP contribution < -0.4 is 5.32 Å². The van der Waals surface area contributed by atoms with Crippen LogP contribution in [0.15, 0.2) is 29.7 Å². The largest absolute Gasteiger partial charge is 0.481 e.